The lowest BCUT2D eigenvalue weighted by atomic mass is 10.0. The molecule has 0 unspecified atom stereocenters. The zero-order valence-corrected chi connectivity index (χ0v) is 13.5. The molecule has 1 aromatic carbocycles. The predicted octanol–water partition coefficient (Wildman–Crippen LogP) is 4.74. The zero-order valence-electron chi connectivity index (χ0n) is 10.3. The molecule has 2 nitrogen and oxygen atoms in total. The first kappa shape index (κ1) is 13.6. The van der Waals surface area contributed by atoms with Crippen LogP contribution in [0.3, 0.4) is 0 Å². The van der Waals surface area contributed by atoms with E-state index in [4.69, 9.17) is 12.2 Å². The van der Waals surface area contributed by atoms with E-state index in [-0.39, 0.29) is 5.82 Å². The Kier molecular flexibility index (Phi) is 4.01. The van der Waals surface area contributed by atoms with Crippen molar-refractivity contribution in [3.05, 3.63) is 27.2 Å². The smallest absolute Gasteiger partial charge is 0.178 e. The van der Waals surface area contributed by atoms with Crippen molar-refractivity contribution in [3.8, 4) is 0 Å². The number of aromatic nitrogens is 2. The molecule has 1 saturated heterocycles. The summed E-state index contributed by atoms with van der Waals surface area (Å²) < 4.78 is 16.9. The third-order valence-corrected chi connectivity index (χ3v) is 5.58. The maximum atomic E-state index is 13.7. The van der Waals surface area contributed by atoms with Gasteiger partial charge in [0, 0.05) is 12.6 Å². The minimum absolute atomic E-state index is 0.241. The average Bonchev–Trinajstić information content (AvgIpc) is 2.68. The summed E-state index contributed by atoms with van der Waals surface area (Å²) in [5, 5.41) is 0. The molecule has 6 heteroatoms. The molecule has 1 aromatic heterocycles. The average molecular weight is 361 g/mol. The van der Waals surface area contributed by atoms with Gasteiger partial charge in [-0.15, -0.1) is 0 Å². The number of halogens is 2. The van der Waals surface area contributed by atoms with Gasteiger partial charge in [-0.3, -0.25) is 0 Å². The highest BCUT2D eigenvalue weighted by Gasteiger charge is 2.17. The number of rotatable bonds is 2. The molecular weight excluding hydrogens is 347 g/mol. The molecular formula is C13H14BrFN2S2. The van der Waals surface area contributed by atoms with Gasteiger partial charge in [-0.1, -0.05) is 0 Å². The largest absolute Gasteiger partial charge is 0.331 e. The van der Waals surface area contributed by atoms with Crippen molar-refractivity contribution in [2.75, 3.05) is 11.5 Å². The van der Waals surface area contributed by atoms with E-state index in [0.29, 0.717) is 15.2 Å². The Morgan fingerprint density at radius 1 is 1.42 bits per heavy atom. The first-order chi connectivity index (χ1) is 9.15. The van der Waals surface area contributed by atoms with E-state index in [2.05, 4.69) is 20.9 Å². The summed E-state index contributed by atoms with van der Waals surface area (Å²) in [4.78, 5) is 3.16. The Bertz CT molecular complexity index is 658. The van der Waals surface area contributed by atoms with Gasteiger partial charge in [0.05, 0.1) is 15.5 Å². The van der Waals surface area contributed by atoms with Crippen molar-refractivity contribution in [2.45, 2.75) is 19.4 Å². The Labute approximate surface area is 128 Å². The van der Waals surface area contributed by atoms with E-state index in [0.717, 1.165) is 17.6 Å². The third-order valence-electron chi connectivity index (χ3n) is 3.60. The standard InChI is InChI=1S/C13H14BrFN2S2/c14-9-5-11-12(6-10(9)15)17(13(18)16-11)7-8-1-3-19-4-2-8/h5-6,8H,1-4,7H2,(H,16,18). The number of H-pyrrole nitrogens is 1. The number of hydrogen-bond donors (Lipinski definition) is 1. The van der Waals surface area contributed by atoms with Crippen molar-refractivity contribution in [1.29, 1.82) is 0 Å². The fraction of sp³-hybridized carbons (Fsp3) is 0.462. The Hall–Kier alpha value is -0.330. The molecule has 19 heavy (non-hydrogen) atoms. The van der Waals surface area contributed by atoms with Crippen LogP contribution in [0.15, 0.2) is 16.6 Å². The van der Waals surface area contributed by atoms with Gasteiger partial charge in [0.1, 0.15) is 5.82 Å². The van der Waals surface area contributed by atoms with Gasteiger partial charge < -0.3 is 9.55 Å². The lowest BCUT2D eigenvalue weighted by Crippen LogP contribution is -2.16. The minimum Gasteiger partial charge on any atom is -0.331 e. The lowest BCUT2D eigenvalue weighted by molar-refractivity contribution is 0.420. The van der Waals surface area contributed by atoms with Gasteiger partial charge >= 0.3 is 0 Å². The zero-order chi connectivity index (χ0) is 13.4. The van der Waals surface area contributed by atoms with Gasteiger partial charge in [0.25, 0.3) is 0 Å². The van der Waals surface area contributed by atoms with Crippen LogP contribution in [0, 0.1) is 16.5 Å². The second-order valence-corrected chi connectivity index (χ2v) is 7.35. The number of thioether (sulfide) groups is 1. The monoisotopic (exact) mass is 360 g/mol. The number of nitrogens with one attached hydrogen (secondary N) is 1. The highest BCUT2D eigenvalue weighted by molar-refractivity contribution is 9.10. The second-order valence-electron chi connectivity index (χ2n) is 4.88. The van der Waals surface area contributed by atoms with Crippen LogP contribution >= 0.6 is 39.9 Å². The van der Waals surface area contributed by atoms with E-state index >= 15 is 0 Å². The summed E-state index contributed by atoms with van der Waals surface area (Å²) in [6.45, 7) is 0.889. The highest BCUT2D eigenvalue weighted by atomic mass is 79.9. The topological polar surface area (TPSA) is 20.7 Å². The number of aromatic amines is 1. The molecule has 3 rings (SSSR count). The van der Waals surface area contributed by atoms with Crippen LogP contribution in [0.25, 0.3) is 11.0 Å². The molecule has 1 fully saturated rings. The second kappa shape index (κ2) is 5.58. The molecule has 2 heterocycles. The number of nitrogens with zero attached hydrogens (tertiary/aromatic N) is 1. The van der Waals surface area contributed by atoms with Crippen molar-refractivity contribution < 1.29 is 4.39 Å². The third kappa shape index (κ3) is 2.76. The van der Waals surface area contributed by atoms with Crippen molar-refractivity contribution in [3.63, 3.8) is 0 Å². The van der Waals surface area contributed by atoms with Crippen LogP contribution in [-0.4, -0.2) is 21.1 Å². The van der Waals surface area contributed by atoms with Crippen molar-refractivity contribution >= 4 is 50.9 Å². The molecule has 1 aliphatic rings. The van der Waals surface area contributed by atoms with E-state index in [9.17, 15) is 4.39 Å². The predicted molar refractivity (Wildman–Crippen MR) is 84.8 cm³/mol. The van der Waals surface area contributed by atoms with E-state index < -0.39 is 0 Å². The van der Waals surface area contributed by atoms with Crippen LogP contribution in [0.1, 0.15) is 12.8 Å². The van der Waals surface area contributed by atoms with E-state index in [1.807, 2.05) is 16.3 Å². The Balaban J connectivity index is 2.00. The van der Waals surface area contributed by atoms with Gasteiger partial charge in [0.15, 0.2) is 4.77 Å². The molecule has 2 aromatic rings. The summed E-state index contributed by atoms with van der Waals surface area (Å²) in [5.41, 5.74) is 1.76. The molecule has 0 spiro atoms. The lowest BCUT2D eigenvalue weighted by Gasteiger charge is -2.21. The van der Waals surface area contributed by atoms with Gasteiger partial charge in [-0.2, -0.15) is 11.8 Å². The normalized spacial score (nSPS) is 17.2. The van der Waals surface area contributed by atoms with E-state index in [1.54, 1.807) is 12.1 Å². The summed E-state index contributed by atoms with van der Waals surface area (Å²) in [5.74, 6) is 2.86. The number of benzene rings is 1. The van der Waals surface area contributed by atoms with Gasteiger partial charge in [-0.25, -0.2) is 4.39 Å². The Morgan fingerprint density at radius 2 is 2.16 bits per heavy atom. The number of fused-ring (bicyclic) bond motifs is 1. The molecule has 0 aliphatic carbocycles. The first-order valence-electron chi connectivity index (χ1n) is 6.30. The molecule has 0 radical (unpaired) electrons. The van der Waals surface area contributed by atoms with E-state index in [1.165, 1.54) is 24.3 Å². The van der Waals surface area contributed by atoms with Crippen molar-refractivity contribution in [2.24, 2.45) is 5.92 Å². The van der Waals surface area contributed by atoms with Crippen LogP contribution in [0.5, 0.6) is 0 Å². The molecule has 0 amide bonds. The summed E-state index contributed by atoms with van der Waals surface area (Å²) in [7, 11) is 0. The molecule has 1 N–H and O–H groups in total. The molecule has 0 saturated carbocycles. The molecule has 0 atom stereocenters. The summed E-state index contributed by atoms with van der Waals surface area (Å²) in [6, 6.07) is 3.32. The van der Waals surface area contributed by atoms with Crippen LogP contribution in [0.2, 0.25) is 0 Å². The summed E-state index contributed by atoms with van der Waals surface area (Å²) in [6.07, 6.45) is 2.44. The van der Waals surface area contributed by atoms with Crippen molar-refractivity contribution in [1.82, 2.24) is 9.55 Å². The minimum atomic E-state index is -0.241. The first-order valence-corrected chi connectivity index (χ1v) is 8.66. The quantitative estimate of drug-likeness (QED) is 0.780. The summed E-state index contributed by atoms with van der Waals surface area (Å²) >= 11 is 10.6. The molecule has 102 valence electrons. The maximum absolute atomic E-state index is 13.7. The fourth-order valence-corrected chi connectivity index (χ4v) is 4.35. The van der Waals surface area contributed by atoms with Gasteiger partial charge in [0.2, 0.25) is 0 Å². The Morgan fingerprint density at radius 3 is 2.89 bits per heavy atom. The SMILES string of the molecule is Fc1cc2c(cc1Br)[nH]c(=S)n2CC1CCSCC1. The van der Waals surface area contributed by atoms with Crippen LogP contribution in [0.4, 0.5) is 4.39 Å². The maximum Gasteiger partial charge on any atom is 0.178 e. The number of hydrogen-bond acceptors (Lipinski definition) is 2. The fourth-order valence-electron chi connectivity index (χ4n) is 2.52. The number of imidazole rings is 1. The van der Waals surface area contributed by atoms with Crippen LogP contribution in [-0.2, 0) is 6.54 Å². The highest BCUT2D eigenvalue weighted by Crippen LogP contribution is 2.27. The molecule has 1 aliphatic heterocycles. The van der Waals surface area contributed by atoms with Crippen LogP contribution < -0.4 is 0 Å². The van der Waals surface area contributed by atoms with Gasteiger partial charge in [-0.05, 0) is 64.5 Å². The molecule has 0 bridgehead atoms.